The Morgan fingerprint density at radius 1 is 1.06 bits per heavy atom. The van der Waals surface area contributed by atoms with E-state index >= 15 is 0 Å². The highest BCUT2D eigenvalue weighted by Crippen LogP contribution is 2.19. The van der Waals surface area contributed by atoms with Crippen LogP contribution in [0.1, 0.15) is 16.8 Å². The molecular formula is C22H28IN5O3S. The SMILES string of the molecule is CN=C(NCc1coc(-c2ccc(C)cc2)n1)NCc1ccccc1S(=O)(=O)N(C)C.I. The van der Waals surface area contributed by atoms with Crippen LogP contribution in [0.4, 0.5) is 0 Å². The number of nitrogens with one attached hydrogen (secondary N) is 2. The number of halogens is 1. The highest BCUT2D eigenvalue weighted by molar-refractivity contribution is 14.0. The summed E-state index contributed by atoms with van der Waals surface area (Å²) in [5.41, 5.74) is 3.47. The lowest BCUT2D eigenvalue weighted by molar-refractivity contribution is 0.519. The Morgan fingerprint density at radius 3 is 2.38 bits per heavy atom. The first-order chi connectivity index (χ1) is 14.8. The normalized spacial score (nSPS) is 11.8. The number of aryl methyl sites for hydroxylation is 1. The van der Waals surface area contributed by atoms with Crippen molar-refractivity contribution in [2.75, 3.05) is 21.1 Å². The van der Waals surface area contributed by atoms with Crippen LogP contribution in [-0.2, 0) is 23.1 Å². The summed E-state index contributed by atoms with van der Waals surface area (Å²) in [6, 6.07) is 14.9. The molecule has 0 fully saturated rings. The van der Waals surface area contributed by atoms with Gasteiger partial charge in [0.05, 0.1) is 17.1 Å². The highest BCUT2D eigenvalue weighted by atomic mass is 127. The summed E-state index contributed by atoms with van der Waals surface area (Å²) in [5.74, 6) is 1.08. The van der Waals surface area contributed by atoms with E-state index in [1.54, 1.807) is 31.5 Å². The van der Waals surface area contributed by atoms with Gasteiger partial charge < -0.3 is 15.1 Å². The van der Waals surface area contributed by atoms with Crippen molar-refractivity contribution in [2.45, 2.75) is 24.9 Å². The molecule has 0 atom stereocenters. The number of guanidine groups is 1. The van der Waals surface area contributed by atoms with Crippen LogP contribution in [0.3, 0.4) is 0 Å². The van der Waals surface area contributed by atoms with Crippen LogP contribution in [0.5, 0.6) is 0 Å². The maximum atomic E-state index is 12.5. The maximum absolute atomic E-state index is 12.5. The molecule has 172 valence electrons. The zero-order valence-corrected chi connectivity index (χ0v) is 21.6. The third-order valence-corrected chi connectivity index (χ3v) is 6.60. The minimum absolute atomic E-state index is 0. The lowest BCUT2D eigenvalue weighted by Gasteiger charge is -2.16. The van der Waals surface area contributed by atoms with Gasteiger partial charge in [-0.2, -0.15) is 0 Å². The van der Waals surface area contributed by atoms with Gasteiger partial charge in [-0.25, -0.2) is 17.7 Å². The second kappa shape index (κ2) is 11.4. The fourth-order valence-corrected chi connectivity index (χ4v) is 4.00. The average molecular weight is 569 g/mol. The van der Waals surface area contributed by atoms with E-state index in [4.69, 9.17) is 4.42 Å². The van der Waals surface area contributed by atoms with Crippen LogP contribution < -0.4 is 10.6 Å². The molecule has 0 saturated heterocycles. The second-order valence-electron chi connectivity index (χ2n) is 7.18. The van der Waals surface area contributed by atoms with Gasteiger partial charge in [0.2, 0.25) is 15.9 Å². The number of hydrogen-bond donors (Lipinski definition) is 2. The standard InChI is InChI=1S/C22H27N5O3S.HI/c1-16-9-11-17(12-10-16)21-26-19(15-30-21)14-25-22(23-2)24-13-18-7-5-6-8-20(18)31(28,29)27(3)4;/h5-12,15H,13-14H2,1-4H3,(H2,23,24,25);1H. The van der Waals surface area contributed by atoms with Crippen molar-refractivity contribution in [1.82, 2.24) is 19.9 Å². The first kappa shape index (κ1) is 25.8. The molecule has 0 bridgehead atoms. The quantitative estimate of drug-likeness (QED) is 0.257. The van der Waals surface area contributed by atoms with Crippen LogP contribution in [-0.4, -0.2) is 44.8 Å². The number of rotatable bonds is 7. The van der Waals surface area contributed by atoms with Gasteiger partial charge in [-0.3, -0.25) is 4.99 Å². The third-order valence-electron chi connectivity index (χ3n) is 4.69. The first-order valence-electron chi connectivity index (χ1n) is 9.77. The summed E-state index contributed by atoms with van der Waals surface area (Å²) in [6.07, 6.45) is 1.61. The van der Waals surface area contributed by atoms with Gasteiger partial charge >= 0.3 is 0 Å². The van der Waals surface area contributed by atoms with Gasteiger partial charge in [-0.15, -0.1) is 24.0 Å². The molecule has 0 aliphatic carbocycles. The number of benzene rings is 2. The Balaban J connectivity index is 0.00000363. The van der Waals surface area contributed by atoms with Gasteiger partial charge in [0.15, 0.2) is 5.96 Å². The predicted octanol–water partition coefficient (Wildman–Crippen LogP) is 3.38. The summed E-state index contributed by atoms with van der Waals surface area (Å²) in [7, 11) is 1.15. The van der Waals surface area contributed by atoms with E-state index < -0.39 is 10.0 Å². The predicted molar refractivity (Wildman–Crippen MR) is 136 cm³/mol. The Labute approximate surface area is 206 Å². The van der Waals surface area contributed by atoms with Gasteiger partial charge in [-0.1, -0.05) is 35.9 Å². The van der Waals surface area contributed by atoms with E-state index in [9.17, 15) is 8.42 Å². The van der Waals surface area contributed by atoms with E-state index in [2.05, 4.69) is 20.6 Å². The van der Waals surface area contributed by atoms with Crippen molar-refractivity contribution in [3.63, 3.8) is 0 Å². The van der Waals surface area contributed by atoms with Crippen LogP contribution in [0, 0.1) is 6.92 Å². The Bertz CT molecular complexity index is 1160. The topological polar surface area (TPSA) is 99.8 Å². The number of nitrogens with zero attached hydrogens (tertiary/aromatic N) is 3. The first-order valence-corrected chi connectivity index (χ1v) is 11.2. The third kappa shape index (κ3) is 6.30. The van der Waals surface area contributed by atoms with Crippen molar-refractivity contribution in [3.05, 3.63) is 71.6 Å². The molecule has 2 N–H and O–H groups in total. The Kier molecular flexibility index (Phi) is 9.22. The monoisotopic (exact) mass is 569 g/mol. The highest BCUT2D eigenvalue weighted by Gasteiger charge is 2.20. The van der Waals surface area contributed by atoms with Crippen molar-refractivity contribution < 1.29 is 12.8 Å². The molecule has 0 aliphatic rings. The lowest BCUT2D eigenvalue weighted by atomic mass is 10.1. The molecule has 1 heterocycles. The number of aromatic nitrogens is 1. The van der Waals surface area contributed by atoms with E-state index in [0.717, 1.165) is 11.3 Å². The van der Waals surface area contributed by atoms with Crippen LogP contribution in [0.15, 0.2) is 69.1 Å². The van der Waals surface area contributed by atoms with Crippen LogP contribution >= 0.6 is 24.0 Å². The molecule has 3 rings (SSSR count). The molecular weight excluding hydrogens is 541 g/mol. The van der Waals surface area contributed by atoms with Gasteiger partial charge in [0, 0.05) is 33.3 Å². The fraction of sp³-hybridized carbons (Fsp3) is 0.273. The zero-order chi connectivity index (χ0) is 22.4. The van der Waals surface area contributed by atoms with E-state index in [1.165, 1.54) is 24.0 Å². The van der Waals surface area contributed by atoms with E-state index in [1.807, 2.05) is 37.3 Å². The van der Waals surface area contributed by atoms with Gasteiger partial charge in [-0.05, 0) is 30.7 Å². The number of oxazole rings is 1. The average Bonchev–Trinajstić information content (AvgIpc) is 3.23. The summed E-state index contributed by atoms with van der Waals surface area (Å²) in [4.78, 5) is 8.97. The molecule has 32 heavy (non-hydrogen) atoms. The Morgan fingerprint density at radius 2 is 1.72 bits per heavy atom. The molecule has 10 heteroatoms. The molecule has 0 saturated carbocycles. The molecule has 0 spiro atoms. The smallest absolute Gasteiger partial charge is 0.242 e. The lowest BCUT2D eigenvalue weighted by Crippen LogP contribution is -2.37. The molecule has 2 aromatic carbocycles. The number of sulfonamides is 1. The summed E-state index contributed by atoms with van der Waals surface area (Å²) in [5, 5.41) is 6.32. The van der Waals surface area contributed by atoms with E-state index in [-0.39, 0.29) is 28.9 Å². The molecule has 0 aliphatic heterocycles. The minimum atomic E-state index is -3.53. The Hall–Kier alpha value is -2.44. The maximum Gasteiger partial charge on any atom is 0.242 e. The zero-order valence-electron chi connectivity index (χ0n) is 18.5. The summed E-state index contributed by atoms with van der Waals surface area (Å²) in [6.45, 7) is 2.74. The molecule has 0 unspecified atom stereocenters. The summed E-state index contributed by atoms with van der Waals surface area (Å²) < 4.78 is 31.9. The minimum Gasteiger partial charge on any atom is -0.444 e. The second-order valence-corrected chi connectivity index (χ2v) is 9.30. The van der Waals surface area contributed by atoms with Crippen molar-refractivity contribution in [3.8, 4) is 11.5 Å². The van der Waals surface area contributed by atoms with Crippen LogP contribution in [0.2, 0.25) is 0 Å². The molecule has 0 amide bonds. The van der Waals surface area contributed by atoms with Crippen molar-refractivity contribution in [1.29, 1.82) is 0 Å². The van der Waals surface area contributed by atoms with Crippen LogP contribution in [0.25, 0.3) is 11.5 Å². The molecule has 3 aromatic rings. The van der Waals surface area contributed by atoms with Gasteiger partial charge in [0.25, 0.3) is 0 Å². The molecule has 0 radical (unpaired) electrons. The number of hydrogen-bond acceptors (Lipinski definition) is 5. The number of aliphatic imine (C=N–C) groups is 1. The van der Waals surface area contributed by atoms with Crippen molar-refractivity contribution in [2.24, 2.45) is 4.99 Å². The molecule has 8 nitrogen and oxygen atoms in total. The summed E-state index contributed by atoms with van der Waals surface area (Å²) >= 11 is 0. The van der Waals surface area contributed by atoms with Gasteiger partial charge in [0.1, 0.15) is 6.26 Å². The fourth-order valence-electron chi connectivity index (χ4n) is 2.89. The molecule has 1 aromatic heterocycles. The largest absolute Gasteiger partial charge is 0.444 e. The van der Waals surface area contributed by atoms with Crippen molar-refractivity contribution >= 4 is 40.0 Å². The van der Waals surface area contributed by atoms with E-state index in [0.29, 0.717) is 30.5 Å².